The lowest BCUT2D eigenvalue weighted by atomic mass is 10.0. The highest BCUT2D eigenvalue weighted by Gasteiger charge is 2.30. The first kappa shape index (κ1) is 22.9. The van der Waals surface area contributed by atoms with E-state index >= 15 is 0 Å². The summed E-state index contributed by atoms with van der Waals surface area (Å²) in [6.07, 6.45) is -4.37. The van der Waals surface area contributed by atoms with Gasteiger partial charge in [0.1, 0.15) is 12.1 Å². The Hall–Kier alpha value is -3.36. The average Bonchev–Trinajstić information content (AvgIpc) is 2.67. The Morgan fingerprint density at radius 3 is 1.90 bits per heavy atom. The van der Waals surface area contributed by atoms with Crippen LogP contribution < -0.4 is 16.4 Å². The first-order valence-electron chi connectivity index (χ1n) is 9.13. The van der Waals surface area contributed by atoms with Crippen LogP contribution in [0.3, 0.4) is 0 Å². The molecule has 0 spiro atoms. The quantitative estimate of drug-likeness (QED) is 0.607. The zero-order chi connectivity index (χ0) is 22.3. The standard InChI is InChI=1S/C21H22F3N3O3/c1-13(28)26-18(12-14-5-3-2-4-6-14)20(30)27-17(19(25)29)11-15-7-9-16(10-8-15)21(22,23)24/h2-10,17-18H,11-12H2,1H3,(H2,25,29)(H,26,28)(H,27,30)/t17-,18-/m1/s1. The van der Waals surface area contributed by atoms with Crippen LogP contribution in [0.15, 0.2) is 54.6 Å². The van der Waals surface area contributed by atoms with Crippen molar-refractivity contribution in [3.8, 4) is 0 Å². The molecule has 0 saturated carbocycles. The largest absolute Gasteiger partial charge is 0.416 e. The van der Waals surface area contributed by atoms with E-state index < -0.39 is 41.5 Å². The number of carbonyl (C=O) groups excluding carboxylic acids is 3. The zero-order valence-corrected chi connectivity index (χ0v) is 16.2. The van der Waals surface area contributed by atoms with E-state index in [1.54, 1.807) is 24.3 Å². The Morgan fingerprint density at radius 2 is 1.40 bits per heavy atom. The molecule has 0 heterocycles. The smallest absolute Gasteiger partial charge is 0.368 e. The van der Waals surface area contributed by atoms with Crippen molar-refractivity contribution in [1.29, 1.82) is 0 Å². The Kier molecular flexibility index (Phi) is 7.57. The molecule has 0 aromatic heterocycles. The van der Waals surface area contributed by atoms with E-state index in [-0.39, 0.29) is 12.8 Å². The van der Waals surface area contributed by atoms with E-state index in [9.17, 15) is 27.6 Å². The molecule has 6 nitrogen and oxygen atoms in total. The number of hydrogen-bond acceptors (Lipinski definition) is 3. The van der Waals surface area contributed by atoms with Crippen LogP contribution in [0.1, 0.15) is 23.6 Å². The second-order valence-corrected chi connectivity index (χ2v) is 6.81. The van der Waals surface area contributed by atoms with E-state index in [0.29, 0.717) is 5.56 Å². The maximum absolute atomic E-state index is 12.7. The summed E-state index contributed by atoms with van der Waals surface area (Å²) in [6, 6.07) is 11.1. The highest BCUT2D eigenvalue weighted by molar-refractivity contribution is 5.91. The van der Waals surface area contributed by atoms with Gasteiger partial charge < -0.3 is 16.4 Å². The van der Waals surface area contributed by atoms with Gasteiger partial charge in [0, 0.05) is 19.8 Å². The third-order valence-electron chi connectivity index (χ3n) is 4.36. The minimum Gasteiger partial charge on any atom is -0.368 e. The molecular formula is C21H22F3N3O3. The number of halogens is 3. The summed E-state index contributed by atoms with van der Waals surface area (Å²) in [5.41, 5.74) is 5.74. The van der Waals surface area contributed by atoms with E-state index in [0.717, 1.165) is 17.7 Å². The highest BCUT2D eigenvalue weighted by Crippen LogP contribution is 2.29. The van der Waals surface area contributed by atoms with Gasteiger partial charge in [-0.3, -0.25) is 14.4 Å². The third-order valence-corrected chi connectivity index (χ3v) is 4.36. The fourth-order valence-corrected chi connectivity index (χ4v) is 2.87. The Labute approximate surface area is 171 Å². The van der Waals surface area contributed by atoms with Gasteiger partial charge in [0.2, 0.25) is 17.7 Å². The third kappa shape index (κ3) is 6.91. The van der Waals surface area contributed by atoms with Crippen LogP contribution in [-0.2, 0) is 33.4 Å². The molecule has 3 amide bonds. The normalized spacial score (nSPS) is 13.2. The van der Waals surface area contributed by atoms with Gasteiger partial charge in [-0.2, -0.15) is 13.2 Å². The number of hydrogen-bond donors (Lipinski definition) is 3. The summed E-state index contributed by atoms with van der Waals surface area (Å²) in [7, 11) is 0. The Bertz CT molecular complexity index is 884. The van der Waals surface area contributed by atoms with Crippen molar-refractivity contribution in [3.63, 3.8) is 0 Å². The summed E-state index contributed by atoms with van der Waals surface area (Å²) < 4.78 is 38.1. The minimum atomic E-state index is -4.47. The highest BCUT2D eigenvalue weighted by atomic mass is 19.4. The number of carbonyl (C=O) groups is 3. The molecular weight excluding hydrogens is 399 g/mol. The van der Waals surface area contributed by atoms with Crippen LogP contribution in [0.4, 0.5) is 13.2 Å². The molecule has 2 aromatic rings. The average molecular weight is 421 g/mol. The van der Waals surface area contributed by atoms with Gasteiger partial charge >= 0.3 is 6.18 Å². The molecule has 0 unspecified atom stereocenters. The molecule has 2 aromatic carbocycles. The second-order valence-electron chi connectivity index (χ2n) is 6.81. The SMILES string of the molecule is CC(=O)N[C@H](Cc1ccccc1)C(=O)N[C@H](Cc1ccc(C(F)(F)F)cc1)C(N)=O. The van der Waals surface area contributed by atoms with Crippen molar-refractivity contribution in [2.24, 2.45) is 5.73 Å². The maximum atomic E-state index is 12.7. The van der Waals surface area contributed by atoms with E-state index in [2.05, 4.69) is 10.6 Å². The summed E-state index contributed by atoms with van der Waals surface area (Å²) in [5, 5.41) is 5.02. The topological polar surface area (TPSA) is 101 Å². The molecule has 0 bridgehead atoms. The molecule has 0 radical (unpaired) electrons. The van der Waals surface area contributed by atoms with Crippen LogP contribution in [0.5, 0.6) is 0 Å². The number of rotatable bonds is 8. The number of nitrogens with one attached hydrogen (secondary N) is 2. The van der Waals surface area contributed by atoms with Crippen LogP contribution in [0, 0.1) is 0 Å². The second kappa shape index (κ2) is 9.91. The lowest BCUT2D eigenvalue weighted by Crippen LogP contribution is -2.54. The van der Waals surface area contributed by atoms with Crippen LogP contribution in [0.25, 0.3) is 0 Å². The fraction of sp³-hybridized carbons (Fsp3) is 0.286. The van der Waals surface area contributed by atoms with Gasteiger partial charge in [-0.25, -0.2) is 0 Å². The van der Waals surface area contributed by atoms with Crippen molar-refractivity contribution in [3.05, 3.63) is 71.3 Å². The number of nitrogens with two attached hydrogens (primary N) is 1. The molecule has 0 saturated heterocycles. The fourth-order valence-electron chi connectivity index (χ4n) is 2.87. The zero-order valence-electron chi connectivity index (χ0n) is 16.2. The number of alkyl halides is 3. The van der Waals surface area contributed by atoms with Crippen LogP contribution >= 0.6 is 0 Å². The molecule has 2 atom stereocenters. The molecule has 0 aliphatic heterocycles. The van der Waals surface area contributed by atoms with Crippen LogP contribution in [-0.4, -0.2) is 29.8 Å². The Morgan fingerprint density at radius 1 is 0.867 bits per heavy atom. The van der Waals surface area contributed by atoms with Gasteiger partial charge in [0.25, 0.3) is 0 Å². The molecule has 2 rings (SSSR count). The summed E-state index contributed by atoms with van der Waals surface area (Å²) in [6.45, 7) is 1.26. The number of benzene rings is 2. The predicted molar refractivity (Wildman–Crippen MR) is 104 cm³/mol. The molecule has 0 aliphatic rings. The lowest BCUT2D eigenvalue weighted by Gasteiger charge is -2.22. The van der Waals surface area contributed by atoms with Gasteiger partial charge in [-0.05, 0) is 23.3 Å². The van der Waals surface area contributed by atoms with Gasteiger partial charge in [0.05, 0.1) is 5.56 Å². The minimum absolute atomic E-state index is 0.0860. The monoisotopic (exact) mass is 421 g/mol. The predicted octanol–water partition coefficient (Wildman–Crippen LogP) is 1.97. The first-order valence-corrected chi connectivity index (χ1v) is 9.13. The molecule has 9 heteroatoms. The molecule has 4 N–H and O–H groups in total. The van der Waals surface area contributed by atoms with Crippen molar-refractivity contribution in [2.75, 3.05) is 0 Å². The van der Waals surface area contributed by atoms with E-state index in [4.69, 9.17) is 5.73 Å². The summed E-state index contributed by atoms with van der Waals surface area (Å²) in [5.74, 6) is -1.89. The lowest BCUT2D eigenvalue weighted by molar-refractivity contribution is -0.137. The van der Waals surface area contributed by atoms with E-state index in [1.165, 1.54) is 19.1 Å². The molecule has 160 valence electrons. The maximum Gasteiger partial charge on any atom is 0.416 e. The summed E-state index contributed by atoms with van der Waals surface area (Å²) in [4.78, 5) is 36.0. The van der Waals surface area contributed by atoms with Crippen LogP contribution in [0.2, 0.25) is 0 Å². The van der Waals surface area contributed by atoms with Crippen molar-refractivity contribution in [2.45, 2.75) is 38.0 Å². The number of amides is 3. The first-order chi connectivity index (χ1) is 14.1. The van der Waals surface area contributed by atoms with Crippen molar-refractivity contribution in [1.82, 2.24) is 10.6 Å². The van der Waals surface area contributed by atoms with Gasteiger partial charge in [0.15, 0.2) is 0 Å². The molecule has 0 fully saturated rings. The molecule has 0 aliphatic carbocycles. The molecule has 30 heavy (non-hydrogen) atoms. The van der Waals surface area contributed by atoms with Crippen molar-refractivity contribution < 1.29 is 27.6 Å². The van der Waals surface area contributed by atoms with Gasteiger partial charge in [-0.1, -0.05) is 42.5 Å². The Balaban J connectivity index is 2.11. The van der Waals surface area contributed by atoms with E-state index in [1.807, 2.05) is 6.07 Å². The summed E-state index contributed by atoms with van der Waals surface area (Å²) >= 11 is 0. The van der Waals surface area contributed by atoms with Gasteiger partial charge in [-0.15, -0.1) is 0 Å². The number of primary amides is 1. The van der Waals surface area contributed by atoms with Crippen molar-refractivity contribution >= 4 is 17.7 Å².